The van der Waals surface area contributed by atoms with Crippen molar-refractivity contribution in [3.05, 3.63) is 62.1 Å². The Morgan fingerprint density at radius 3 is 2.38 bits per heavy atom. The SMILES string of the molecule is CCN(CC)S(=O)(=O)c1ccc(N/N=C(\C)c2ccc(Cl)cc2Cl)c([N+](=O)[O-])c1. The van der Waals surface area contributed by atoms with E-state index in [1.807, 2.05) is 0 Å². The maximum atomic E-state index is 12.6. The Labute approximate surface area is 179 Å². The minimum absolute atomic E-state index is 0.0536. The lowest BCUT2D eigenvalue weighted by molar-refractivity contribution is -0.384. The molecule has 0 aromatic heterocycles. The molecule has 0 aliphatic rings. The van der Waals surface area contributed by atoms with Gasteiger partial charge in [0.1, 0.15) is 5.69 Å². The number of nitrogens with one attached hydrogen (secondary N) is 1. The molecule has 0 radical (unpaired) electrons. The summed E-state index contributed by atoms with van der Waals surface area (Å²) in [5.74, 6) is 0. The number of hydrogen-bond acceptors (Lipinski definition) is 6. The molecule has 1 N–H and O–H groups in total. The Kier molecular flexibility index (Phi) is 7.59. The van der Waals surface area contributed by atoms with Crippen LogP contribution in [-0.2, 0) is 10.0 Å². The van der Waals surface area contributed by atoms with Crippen LogP contribution in [0.1, 0.15) is 26.3 Å². The first-order chi connectivity index (χ1) is 13.6. The maximum Gasteiger partial charge on any atom is 0.295 e. The summed E-state index contributed by atoms with van der Waals surface area (Å²) in [6, 6.07) is 8.54. The average molecular weight is 459 g/mol. The van der Waals surface area contributed by atoms with Gasteiger partial charge in [-0.15, -0.1) is 0 Å². The van der Waals surface area contributed by atoms with Crippen LogP contribution in [0.3, 0.4) is 0 Å². The first-order valence-corrected chi connectivity index (χ1v) is 10.9. The van der Waals surface area contributed by atoms with E-state index >= 15 is 0 Å². The van der Waals surface area contributed by atoms with Gasteiger partial charge in [0.15, 0.2) is 0 Å². The largest absolute Gasteiger partial charge is 0.295 e. The van der Waals surface area contributed by atoms with Crippen molar-refractivity contribution in [3.63, 3.8) is 0 Å². The number of benzene rings is 2. The molecule has 0 atom stereocenters. The van der Waals surface area contributed by atoms with Crippen LogP contribution in [-0.4, -0.2) is 36.4 Å². The first kappa shape index (κ1) is 23.1. The quantitative estimate of drug-likeness (QED) is 0.348. The molecule has 11 heteroatoms. The minimum Gasteiger partial charge on any atom is -0.271 e. The third-order valence-electron chi connectivity index (χ3n) is 4.17. The summed E-state index contributed by atoms with van der Waals surface area (Å²) in [5, 5.41) is 16.5. The van der Waals surface area contributed by atoms with E-state index in [1.165, 1.54) is 16.4 Å². The zero-order valence-electron chi connectivity index (χ0n) is 16.0. The van der Waals surface area contributed by atoms with Crippen LogP contribution in [0.25, 0.3) is 0 Å². The van der Waals surface area contributed by atoms with Crippen molar-refractivity contribution in [2.24, 2.45) is 5.10 Å². The van der Waals surface area contributed by atoms with E-state index in [0.29, 0.717) is 21.3 Å². The molecule has 0 amide bonds. The van der Waals surface area contributed by atoms with E-state index in [0.717, 1.165) is 6.07 Å². The number of hydrogen-bond donors (Lipinski definition) is 1. The van der Waals surface area contributed by atoms with E-state index in [9.17, 15) is 18.5 Å². The monoisotopic (exact) mass is 458 g/mol. The van der Waals surface area contributed by atoms with Gasteiger partial charge in [-0.2, -0.15) is 9.41 Å². The molecule has 0 unspecified atom stereocenters. The van der Waals surface area contributed by atoms with Crippen LogP contribution in [0.4, 0.5) is 11.4 Å². The molecule has 2 aromatic carbocycles. The van der Waals surface area contributed by atoms with Crippen molar-refractivity contribution in [3.8, 4) is 0 Å². The summed E-state index contributed by atoms with van der Waals surface area (Å²) in [5.41, 5.74) is 3.34. The molecule has 156 valence electrons. The molecular weight excluding hydrogens is 439 g/mol. The lowest BCUT2D eigenvalue weighted by atomic mass is 10.1. The molecule has 8 nitrogen and oxygen atoms in total. The molecular formula is C18H20Cl2N4O4S. The summed E-state index contributed by atoms with van der Waals surface area (Å²) >= 11 is 12.0. The summed E-state index contributed by atoms with van der Waals surface area (Å²) in [6.45, 7) is 5.60. The van der Waals surface area contributed by atoms with Gasteiger partial charge in [-0.25, -0.2) is 8.42 Å². The summed E-state index contributed by atoms with van der Waals surface area (Å²) in [4.78, 5) is 10.7. The summed E-state index contributed by atoms with van der Waals surface area (Å²) in [6.07, 6.45) is 0. The predicted molar refractivity (Wildman–Crippen MR) is 115 cm³/mol. The summed E-state index contributed by atoms with van der Waals surface area (Å²) in [7, 11) is -3.82. The number of nitrogens with zero attached hydrogens (tertiary/aromatic N) is 3. The first-order valence-electron chi connectivity index (χ1n) is 8.66. The number of anilines is 1. The molecule has 0 saturated carbocycles. The molecule has 29 heavy (non-hydrogen) atoms. The van der Waals surface area contributed by atoms with Crippen LogP contribution in [0.5, 0.6) is 0 Å². The van der Waals surface area contributed by atoms with E-state index in [1.54, 1.807) is 39.0 Å². The molecule has 0 heterocycles. The second-order valence-corrected chi connectivity index (χ2v) is 8.74. The normalized spacial score (nSPS) is 12.3. The van der Waals surface area contributed by atoms with Crippen molar-refractivity contribution in [1.29, 1.82) is 0 Å². The van der Waals surface area contributed by atoms with Gasteiger partial charge in [-0.05, 0) is 31.2 Å². The molecule has 0 aliphatic carbocycles. The van der Waals surface area contributed by atoms with Crippen molar-refractivity contribution in [2.75, 3.05) is 18.5 Å². The fraction of sp³-hybridized carbons (Fsp3) is 0.278. The van der Waals surface area contributed by atoms with Crippen LogP contribution in [0, 0.1) is 10.1 Å². The Morgan fingerprint density at radius 2 is 1.83 bits per heavy atom. The molecule has 0 spiro atoms. The Bertz CT molecular complexity index is 1050. The second kappa shape index (κ2) is 9.53. The number of sulfonamides is 1. The van der Waals surface area contributed by atoms with Crippen molar-refractivity contribution in [1.82, 2.24) is 4.31 Å². The van der Waals surface area contributed by atoms with E-state index in [4.69, 9.17) is 23.2 Å². The molecule has 2 rings (SSSR count). The Hall–Kier alpha value is -2.20. The fourth-order valence-electron chi connectivity index (χ4n) is 2.62. The highest BCUT2D eigenvalue weighted by Crippen LogP contribution is 2.29. The highest BCUT2D eigenvalue weighted by molar-refractivity contribution is 7.89. The second-order valence-electron chi connectivity index (χ2n) is 5.96. The predicted octanol–water partition coefficient (Wildman–Crippen LogP) is 4.77. The summed E-state index contributed by atoms with van der Waals surface area (Å²) < 4.78 is 26.5. The third-order valence-corrected chi connectivity index (χ3v) is 6.77. The van der Waals surface area contributed by atoms with E-state index in [-0.39, 0.29) is 23.7 Å². The zero-order chi connectivity index (χ0) is 21.8. The zero-order valence-corrected chi connectivity index (χ0v) is 18.3. The van der Waals surface area contributed by atoms with Crippen LogP contribution in [0.15, 0.2) is 46.4 Å². The lowest BCUT2D eigenvalue weighted by Gasteiger charge is -2.18. The highest BCUT2D eigenvalue weighted by atomic mass is 35.5. The Balaban J connectivity index is 2.40. The standard InChI is InChI=1S/C18H20Cl2N4O4S/c1-4-23(5-2)29(27,28)14-7-9-17(18(11-14)24(25)26)22-21-12(3)15-8-6-13(19)10-16(15)20/h6-11,22H,4-5H2,1-3H3/b21-12+. The van der Waals surface area contributed by atoms with E-state index in [2.05, 4.69) is 10.5 Å². The average Bonchev–Trinajstić information content (AvgIpc) is 2.66. The van der Waals surface area contributed by atoms with Crippen LogP contribution in [0.2, 0.25) is 10.0 Å². The lowest BCUT2D eigenvalue weighted by Crippen LogP contribution is -2.30. The van der Waals surface area contributed by atoms with Gasteiger partial charge in [-0.1, -0.05) is 43.1 Å². The van der Waals surface area contributed by atoms with Gasteiger partial charge < -0.3 is 0 Å². The fourth-order valence-corrected chi connectivity index (χ4v) is 4.64. The van der Waals surface area contributed by atoms with Gasteiger partial charge in [0.05, 0.1) is 20.6 Å². The highest BCUT2D eigenvalue weighted by Gasteiger charge is 2.25. The smallest absolute Gasteiger partial charge is 0.271 e. The maximum absolute atomic E-state index is 12.6. The van der Waals surface area contributed by atoms with Crippen LogP contribution < -0.4 is 5.43 Å². The van der Waals surface area contributed by atoms with Crippen molar-refractivity contribution >= 4 is 50.3 Å². The number of nitro groups is 1. The van der Waals surface area contributed by atoms with Crippen LogP contribution >= 0.6 is 23.2 Å². The number of halogens is 2. The van der Waals surface area contributed by atoms with Crippen molar-refractivity contribution < 1.29 is 13.3 Å². The molecule has 0 fully saturated rings. The molecule has 0 bridgehead atoms. The van der Waals surface area contributed by atoms with Gasteiger partial charge in [-0.3, -0.25) is 15.5 Å². The number of nitro benzene ring substituents is 1. The van der Waals surface area contributed by atoms with Gasteiger partial charge in [0.2, 0.25) is 10.0 Å². The minimum atomic E-state index is -3.82. The number of hydrazone groups is 1. The number of rotatable bonds is 8. The molecule has 0 saturated heterocycles. The molecule has 0 aliphatic heterocycles. The van der Waals surface area contributed by atoms with Gasteiger partial charge in [0.25, 0.3) is 5.69 Å². The molecule has 2 aromatic rings. The third kappa shape index (κ3) is 5.24. The van der Waals surface area contributed by atoms with E-state index < -0.39 is 20.6 Å². The topological polar surface area (TPSA) is 105 Å². The van der Waals surface area contributed by atoms with Gasteiger partial charge in [0, 0.05) is 29.7 Å². The van der Waals surface area contributed by atoms with Gasteiger partial charge >= 0.3 is 0 Å². The van der Waals surface area contributed by atoms with Crippen molar-refractivity contribution in [2.45, 2.75) is 25.7 Å². The Morgan fingerprint density at radius 1 is 1.17 bits per heavy atom.